The summed E-state index contributed by atoms with van der Waals surface area (Å²) in [6.07, 6.45) is 4.66. The van der Waals surface area contributed by atoms with Crippen LogP contribution in [0.3, 0.4) is 0 Å². The first-order chi connectivity index (χ1) is 16.0. The summed E-state index contributed by atoms with van der Waals surface area (Å²) in [7, 11) is 0. The molecule has 0 aliphatic carbocycles. The summed E-state index contributed by atoms with van der Waals surface area (Å²) in [5.41, 5.74) is 3.33. The number of carbonyl (C=O) groups is 2. The molecule has 8 heteroatoms. The van der Waals surface area contributed by atoms with Gasteiger partial charge in [-0.1, -0.05) is 27.7 Å². The van der Waals surface area contributed by atoms with E-state index >= 15 is 0 Å². The lowest BCUT2D eigenvalue weighted by molar-refractivity contribution is -0.119. The lowest BCUT2D eigenvalue weighted by Crippen LogP contribution is -2.47. The van der Waals surface area contributed by atoms with Gasteiger partial charge in [0.2, 0.25) is 6.41 Å². The Labute approximate surface area is 196 Å². The molecule has 2 aliphatic rings. The van der Waals surface area contributed by atoms with Crippen LogP contribution in [-0.4, -0.2) is 51.2 Å². The molecule has 0 saturated carbocycles. The zero-order valence-electron chi connectivity index (χ0n) is 20.8. The molecule has 7 nitrogen and oxygen atoms in total. The second-order valence-corrected chi connectivity index (χ2v) is 8.02. The second kappa shape index (κ2) is 12.4. The molecule has 0 bridgehead atoms. The van der Waals surface area contributed by atoms with Gasteiger partial charge in [-0.25, -0.2) is 9.18 Å². The maximum Gasteiger partial charge on any atom is 0.322 e. The van der Waals surface area contributed by atoms with Gasteiger partial charge in [0, 0.05) is 18.8 Å². The molecule has 1 aromatic heterocycles. The third-order valence-electron chi connectivity index (χ3n) is 6.06. The number of halogens is 1. The molecule has 0 spiro atoms. The Hall–Kier alpha value is -2.90. The normalized spacial score (nSPS) is 17.7. The summed E-state index contributed by atoms with van der Waals surface area (Å²) in [6.45, 7) is 14.3. The van der Waals surface area contributed by atoms with Crippen molar-refractivity contribution in [1.29, 1.82) is 0 Å². The SMILES string of the molecule is CC.CC.Cc1cc(NC(=O)N2Cc3c(C4CCN(C=O)CC4)cnn3CC2C)ccc1F. The third-order valence-corrected chi connectivity index (χ3v) is 6.06. The number of benzene rings is 1. The molecule has 1 aromatic carbocycles. The van der Waals surface area contributed by atoms with Crippen molar-refractivity contribution in [3.63, 3.8) is 0 Å². The highest BCUT2D eigenvalue weighted by molar-refractivity contribution is 5.89. The first-order valence-corrected chi connectivity index (χ1v) is 12.0. The first-order valence-electron chi connectivity index (χ1n) is 12.0. The van der Waals surface area contributed by atoms with E-state index in [4.69, 9.17) is 0 Å². The minimum Gasteiger partial charge on any atom is -0.345 e. The Morgan fingerprint density at radius 2 is 1.85 bits per heavy atom. The largest absolute Gasteiger partial charge is 0.345 e. The molecule has 1 atom stereocenters. The van der Waals surface area contributed by atoms with E-state index in [1.807, 2.05) is 45.5 Å². The van der Waals surface area contributed by atoms with Gasteiger partial charge >= 0.3 is 6.03 Å². The van der Waals surface area contributed by atoms with Crippen molar-refractivity contribution < 1.29 is 14.0 Å². The highest BCUT2D eigenvalue weighted by atomic mass is 19.1. The van der Waals surface area contributed by atoms with Crippen molar-refractivity contribution in [3.05, 3.63) is 47.0 Å². The first kappa shape index (κ1) is 26.4. The molecule has 1 unspecified atom stereocenters. The number of likely N-dealkylation sites (tertiary alicyclic amines) is 1. The highest BCUT2D eigenvalue weighted by Crippen LogP contribution is 2.32. The van der Waals surface area contributed by atoms with Crippen LogP contribution in [0.2, 0.25) is 0 Å². The van der Waals surface area contributed by atoms with Crippen molar-refractivity contribution in [1.82, 2.24) is 19.6 Å². The smallest absolute Gasteiger partial charge is 0.322 e. The van der Waals surface area contributed by atoms with E-state index in [9.17, 15) is 14.0 Å². The van der Waals surface area contributed by atoms with Crippen LogP contribution in [0.4, 0.5) is 14.9 Å². The van der Waals surface area contributed by atoms with E-state index in [2.05, 4.69) is 10.4 Å². The van der Waals surface area contributed by atoms with Crippen LogP contribution in [-0.2, 0) is 17.9 Å². The molecule has 182 valence electrons. The number of anilines is 1. The number of nitrogens with one attached hydrogen (secondary N) is 1. The molecule has 2 aromatic rings. The Bertz CT molecular complexity index is 922. The molecule has 3 heterocycles. The Morgan fingerprint density at radius 3 is 2.45 bits per heavy atom. The second-order valence-electron chi connectivity index (χ2n) is 8.02. The van der Waals surface area contributed by atoms with Crippen LogP contribution in [0, 0.1) is 12.7 Å². The molecule has 2 aliphatic heterocycles. The summed E-state index contributed by atoms with van der Waals surface area (Å²) in [6, 6.07) is 4.37. The summed E-state index contributed by atoms with van der Waals surface area (Å²) < 4.78 is 15.5. The molecule has 33 heavy (non-hydrogen) atoms. The van der Waals surface area contributed by atoms with Crippen molar-refractivity contribution in [2.24, 2.45) is 0 Å². The topological polar surface area (TPSA) is 70.5 Å². The van der Waals surface area contributed by atoms with Gasteiger partial charge in [0.15, 0.2) is 0 Å². The van der Waals surface area contributed by atoms with Crippen LogP contribution in [0.1, 0.15) is 70.2 Å². The van der Waals surface area contributed by atoms with Crippen LogP contribution in [0.5, 0.6) is 0 Å². The lowest BCUT2D eigenvalue weighted by atomic mass is 9.89. The fourth-order valence-corrected chi connectivity index (χ4v) is 4.27. The van der Waals surface area contributed by atoms with Gasteiger partial charge in [-0.05, 0) is 61.9 Å². The zero-order chi connectivity index (χ0) is 24.5. The summed E-state index contributed by atoms with van der Waals surface area (Å²) >= 11 is 0. The summed E-state index contributed by atoms with van der Waals surface area (Å²) in [5.74, 6) is 0.0662. The quantitative estimate of drug-likeness (QED) is 0.645. The van der Waals surface area contributed by atoms with Crippen molar-refractivity contribution in [3.8, 4) is 0 Å². The molecule has 1 fully saturated rings. The minimum absolute atomic E-state index is 0.00583. The maximum absolute atomic E-state index is 13.5. The van der Waals surface area contributed by atoms with Crippen LogP contribution in [0.15, 0.2) is 24.4 Å². The van der Waals surface area contributed by atoms with E-state index in [1.165, 1.54) is 11.6 Å². The molecule has 3 amide bonds. The molecular formula is C25H38FN5O2. The van der Waals surface area contributed by atoms with E-state index in [0.29, 0.717) is 30.3 Å². The van der Waals surface area contributed by atoms with Gasteiger partial charge in [-0.2, -0.15) is 5.10 Å². The number of urea groups is 1. The van der Waals surface area contributed by atoms with Gasteiger partial charge in [-0.3, -0.25) is 9.48 Å². The van der Waals surface area contributed by atoms with Crippen molar-refractivity contribution >= 4 is 18.1 Å². The predicted octanol–water partition coefficient (Wildman–Crippen LogP) is 5.16. The number of piperidine rings is 1. The predicted molar refractivity (Wildman–Crippen MR) is 130 cm³/mol. The lowest BCUT2D eigenvalue weighted by Gasteiger charge is -2.36. The molecule has 1 saturated heterocycles. The Kier molecular flexibility index (Phi) is 9.88. The molecule has 0 radical (unpaired) electrons. The monoisotopic (exact) mass is 459 g/mol. The Morgan fingerprint density at radius 1 is 1.18 bits per heavy atom. The van der Waals surface area contributed by atoms with Gasteiger partial charge in [-0.15, -0.1) is 0 Å². The van der Waals surface area contributed by atoms with E-state index in [0.717, 1.165) is 38.0 Å². The number of rotatable bonds is 3. The average molecular weight is 460 g/mol. The van der Waals surface area contributed by atoms with Crippen LogP contribution in [0.25, 0.3) is 0 Å². The number of aryl methyl sites for hydroxylation is 1. The summed E-state index contributed by atoms with van der Waals surface area (Å²) in [5, 5.41) is 7.44. The number of carbonyl (C=O) groups excluding carboxylic acids is 2. The van der Waals surface area contributed by atoms with Crippen LogP contribution >= 0.6 is 0 Å². The van der Waals surface area contributed by atoms with Gasteiger partial charge in [0.05, 0.1) is 31.0 Å². The van der Waals surface area contributed by atoms with Gasteiger partial charge in [0.25, 0.3) is 0 Å². The van der Waals surface area contributed by atoms with Crippen molar-refractivity contribution in [2.75, 3.05) is 18.4 Å². The third kappa shape index (κ3) is 6.12. The molecule has 4 rings (SSSR count). The average Bonchev–Trinajstić information content (AvgIpc) is 3.26. The fourth-order valence-electron chi connectivity index (χ4n) is 4.27. The van der Waals surface area contributed by atoms with Gasteiger partial charge in [0.1, 0.15) is 5.82 Å². The minimum atomic E-state index is -0.288. The summed E-state index contributed by atoms with van der Waals surface area (Å²) in [4.78, 5) is 27.5. The maximum atomic E-state index is 13.5. The Balaban J connectivity index is 0.000000914. The number of hydrogen-bond acceptors (Lipinski definition) is 3. The van der Waals surface area contributed by atoms with E-state index in [1.54, 1.807) is 28.9 Å². The number of amides is 3. The number of nitrogens with zero attached hydrogens (tertiary/aromatic N) is 4. The van der Waals surface area contributed by atoms with Crippen molar-refractivity contribution in [2.45, 2.75) is 79.4 Å². The van der Waals surface area contributed by atoms with E-state index < -0.39 is 0 Å². The number of hydrogen-bond donors (Lipinski definition) is 1. The number of aromatic nitrogens is 2. The van der Waals surface area contributed by atoms with E-state index in [-0.39, 0.29) is 17.9 Å². The number of fused-ring (bicyclic) bond motifs is 1. The standard InChI is InChI=1S/C21H26FN5O2.2C2H6/c1-14-9-17(3-4-19(14)22)24-21(29)26-12-20-18(10-23-27(20)11-15(26)2)16-5-7-25(13-28)8-6-16;2*1-2/h3-4,9-10,13,15-16H,5-8,11-12H2,1-2H3,(H,24,29);2*1-2H3. The van der Waals surface area contributed by atoms with Gasteiger partial charge < -0.3 is 15.1 Å². The molecular weight excluding hydrogens is 421 g/mol. The van der Waals surface area contributed by atoms with Crippen LogP contribution < -0.4 is 5.32 Å². The highest BCUT2D eigenvalue weighted by Gasteiger charge is 2.32. The fraction of sp³-hybridized carbons (Fsp3) is 0.560. The molecule has 1 N–H and O–H groups in total. The zero-order valence-corrected chi connectivity index (χ0v) is 20.8.